The first-order chi connectivity index (χ1) is 14.3. The first-order valence-electron chi connectivity index (χ1n) is 9.17. The number of piperazine rings is 1. The number of benzene rings is 2. The van der Waals surface area contributed by atoms with Crippen molar-refractivity contribution in [3.05, 3.63) is 48.0 Å². The minimum atomic E-state index is -4.72. The van der Waals surface area contributed by atoms with Crippen molar-refractivity contribution in [2.45, 2.75) is 11.3 Å². The van der Waals surface area contributed by atoms with Crippen LogP contribution < -0.4 is 9.64 Å². The fourth-order valence-electron chi connectivity index (χ4n) is 3.24. The lowest BCUT2D eigenvalue weighted by atomic mass is 10.2. The number of amides is 1. The fraction of sp³-hybridized carbons (Fsp3) is 0.300. The molecule has 5 nitrogen and oxygen atoms in total. The molecule has 1 aliphatic rings. The first kappa shape index (κ1) is 20.8. The lowest BCUT2D eigenvalue weighted by Gasteiger charge is -2.34. The second-order valence-corrected chi connectivity index (χ2v) is 8.57. The van der Waals surface area contributed by atoms with Crippen LogP contribution in [0.25, 0.3) is 10.2 Å². The molecule has 0 atom stereocenters. The number of carbonyl (C=O) groups is 1. The van der Waals surface area contributed by atoms with Gasteiger partial charge in [-0.3, -0.25) is 4.79 Å². The van der Waals surface area contributed by atoms with E-state index in [1.165, 1.54) is 29.5 Å². The molecular weight excluding hydrogens is 435 g/mol. The molecule has 1 aliphatic heterocycles. The topological polar surface area (TPSA) is 45.7 Å². The highest BCUT2D eigenvalue weighted by Crippen LogP contribution is 2.33. The maximum atomic E-state index is 12.7. The van der Waals surface area contributed by atoms with Gasteiger partial charge < -0.3 is 14.5 Å². The molecule has 0 saturated carbocycles. The average molecular weight is 454 g/mol. The molecule has 0 spiro atoms. The predicted octanol–water partition coefficient (Wildman–Crippen LogP) is 4.88. The molecule has 3 aromatic rings. The Morgan fingerprint density at radius 2 is 1.80 bits per heavy atom. The number of thioether (sulfide) groups is 1. The Hall–Kier alpha value is -2.46. The van der Waals surface area contributed by atoms with Crippen LogP contribution in [0.1, 0.15) is 10.4 Å². The Balaban J connectivity index is 1.42. The molecular formula is C20H18F3N3O2S2. The van der Waals surface area contributed by atoms with Crippen LogP contribution in [0.5, 0.6) is 5.75 Å². The van der Waals surface area contributed by atoms with Gasteiger partial charge in [0.2, 0.25) is 0 Å². The Morgan fingerprint density at radius 3 is 2.43 bits per heavy atom. The second kappa shape index (κ2) is 8.35. The van der Waals surface area contributed by atoms with E-state index in [1.807, 2.05) is 35.4 Å². The summed E-state index contributed by atoms with van der Waals surface area (Å²) in [6.45, 7) is 2.34. The predicted molar refractivity (Wildman–Crippen MR) is 113 cm³/mol. The largest absolute Gasteiger partial charge is 0.573 e. The van der Waals surface area contributed by atoms with Gasteiger partial charge in [0.25, 0.3) is 5.91 Å². The fourth-order valence-corrected chi connectivity index (χ4v) is 4.70. The van der Waals surface area contributed by atoms with Crippen molar-refractivity contribution in [3.63, 3.8) is 0 Å². The number of ether oxygens (including phenoxy) is 1. The molecule has 0 radical (unpaired) electrons. The van der Waals surface area contributed by atoms with Crippen LogP contribution in [0.15, 0.2) is 47.4 Å². The van der Waals surface area contributed by atoms with Crippen molar-refractivity contribution >= 4 is 44.4 Å². The monoisotopic (exact) mass is 453 g/mol. The van der Waals surface area contributed by atoms with E-state index in [9.17, 15) is 18.0 Å². The van der Waals surface area contributed by atoms with E-state index in [-0.39, 0.29) is 11.7 Å². The lowest BCUT2D eigenvalue weighted by molar-refractivity contribution is -0.274. The summed E-state index contributed by atoms with van der Waals surface area (Å²) in [6, 6.07) is 11.7. The van der Waals surface area contributed by atoms with Crippen molar-refractivity contribution in [2.24, 2.45) is 0 Å². The minimum absolute atomic E-state index is 0.000504. The van der Waals surface area contributed by atoms with Gasteiger partial charge in [0.1, 0.15) is 5.75 Å². The second-order valence-electron chi connectivity index (χ2n) is 6.68. The summed E-state index contributed by atoms with van der Waals surface area (Å²) in [4.78, 5) is 22.2. The van der Waals surface area contributed by atoms with E-state index in [4.69, 9.17) is 0 Å². The van der Waals surface area contributed by atoms with Gasteiger partial charge in [0.15, 0.2) is 5.13 Å². The van der Waals surface area contributed by atoms with Gasteiger partial charge >= 0.3 is 6.36 Å². The number of hydrogen-bond donors (Lipinski definition) is 0. The van der Waals surface area contributed by atoms with Gasteiger partial charge in [-0.05, 0) is 42.7 Å². The third-order valence-electron chi connectivity index (χ3n) is 4.76. The molecule has 0 aliphatic carbocycles. The van der Waals surface area contributed by atoms with E-state index in [1.54, 1.807) is 11.8 Å². The van der Waals surface area contributed by atoms with Crippen LogP contribution in [0.2, 0.25) is 0 Å². The van der Waals surface area contributed by atoms with Crippen LogP contribution in [-0.4, -0.2) is 54.6 Å². The van der Waals surface area contributed by atoms with Gasteiger partial charge in [0.05, 0.1) is 10.2 Å². The van der Waals surface area contributed by atoms with Crippen LogP contribution >= 0.6 is 23.1 Å². The van der Waals surface area contributed by atoms with Crippen molar-refractivity contribution in [1.82, 2.24) is 9.88 Å². The minimum Gasteiger partial charge on any atom is -0.406 e. The SMILES string of the molecule is CSc1ccc(C(=O)N2CCN(c3nc4ccc(OC(F)(F)F)cc4s3)CC2)cc1. The number of aromatic nitrogens is 1. The van der Waals surface area contributed by atoms with E-state index < -0.39 is 6.36 Å². The molecule has 4 rings (SSSR count). The van der Waals surface area contributed by atoms with Crippen LogP contribution in [0, 0.1) is 0 Å². The lowest BCUT2D eigenvalue weighted by Crippen LogP contribution is -2.48. The summed E-state index contributed by atoms with van der Waals surface area (Å²) >= 11 is 2.94. The number of anilines is 1. The highest BCUT2D eigenvalue weighted by molar-refractivity contribution is 7.98. The Labute approximate surface area is 179 Å². The molecule has 1 fully saturated rings. The third kappa shape index (κ3) is 4.65. The smallest absolute Gasteiger partial charge is 0.406 e. The molecule has 0 N–H and O–H groups in total. The normalized spacial score (nSPS) is 14.9. The van der Waals surface area contributed by atoms with E-state index in [0.29, 0.717) is 42.0 Å². The van der Waals surface area contributed by atoms with Gasteiger partial charge in [-0.2, -0.15) is 0 Å². The zero-order chi connectivity index (χ0) is 21.3. The number of nitrogens with zero attached hydrogens (tertiary/aromatic N) is 3. The van der Waals surface area contributed by atoms with E-state index in [0.717, 1.165) is 10.0 Å². The van der Waals surface area contributed by atoms with E-state index >= 15 is 0 Å². The number of alkyl halides is 3. The van der Waals surface area contributed by atoms with Gasteiger partial charge in [0, 0.05) is 42.7 Å². The standard InChI is InChI=1S/C20H18F3N3O2S2/c1-29-15-5-2-13(3-6-15)18(27)25-8-10-26(11-9-25)19-24-16-7-4-14(12-17(16)30-19)28-20(21,22)23/h2-7,12H,8-11H2,1H3. The number of thiazole rings is 1. The molecule has 1 amide bonds. The van der Waals surface area contributed by atoms with Crippen LogP contribution in [0.4, 0.5) is 18.3 Å². The third-order valence-corrected chi connectivity index (χ3v) is 6.58. The maximum absolute atomic E-state index is 12.7. The molecule has 158 valence electrons. The number of halogens is 3. The van der Waals surface area contributed by atoms with Crippen LogP contribution in [0.3, 0.4) is 0 Å². The first-order valence-corrected chi connectivity index (χ1v) is 11.2. The molecule has 2 aromatic carbocycles. The molecule has 1 aromatic heterocycles. The molecule has 2 heterocycles. The maximum Gasteiger partial charge on any atom is 0.573 e. The summed E-state index contributed by atoms with van der Waals surface area (Å²) in [6.07, 6.45) is -2.73. The molecule has 0 unspecified atom stereocenters. The Morgan fingerprint density at radius 1 is 1.10 bits per heavy atom. The van der Waals surface area contributed by atoms with Crippen LogP contribution in [-0.2, 0) is 0 Å². The quantitative estimate of drug-likeness (QED) is 0.527. The van der Waals surface area contributed by atoms with E-state index in [2.05, 4.69) is 14.6 Å². The molecule has 0 bridgehead atoms. The van der Waals surface area contributed by atoms with Gasteiger partial charge in [-0.25, -0.2) is 4.98 Å². The summed E-state index contributed by atoms with van der Waals surface area (Å²) in [7, 11) is 0. The number of fused-ring (bicyclic) bond motifs is 1. The average Bonchev–Trinajstić information content (AvgIpc) is 3.15. The molecule has 1 saturated heterocycles. The van der Waals surface area contributed by atoms with Gasteiger partial charge in [-0.1, -0.05) is 11.3 Å². The molecule has 30 heavy (non-hydrogen) atoms. The Kier molecular flexibility index (Phi) is 5.79. The number of carbonyl (C=O) groups excluding carboxylic acids is 1. The highest BCUT2D eigenvalue weighted by Gasteiger charge is 2.31. The number of rotatable bonds is 4. The molecule has 10 heteroatoms. The number of hydrogen-bond acceptors (Lipinski definition) is 6. The summed E-state index contributed by atoms with van der Waals surface area (Å²) < 4.78 is 41.9. The zero-order valence-corrected chi connectivity index (χ0v) is 17.6. The Bertz CT molecular complexity index is 1050. The van der Waals surface area contributed by atoms with Crippen molar-refractivity contribution < 1.29 is 22.7 Å². The summed E-state index contributed by atoms with van der Waals surface area (Å²) in [5.41, 5.74) is 1.29. The summed E-state index contributed by atoms with van der Waals surface area (Å²) in [5, 5.41) is 0.727. The highest BCUT2D eigenvalue weighted by atomic mass is 32.2. The van der Waals surface area contributed by atoms with Crippen molar-refractivity contribution in [3.8, 4) is 5.75 Å². The summed E-state index contributed by atoms with van der Waals surface area (Å²) in [5.74, 6) is -0.256. The zero-order valence-electron chi connectivity index (χ0n) is 16.0. The van der Waals surface area contributed by atoms with Gasteiger partial charge in [-0.15, -0.1) is 24.9 Å². The van der Waals surface area contributed by atoms with Crippen molar-refractivity contribution in [1.29, 1.82) is 0 Å². The van der Waals surface area contributed by atoms with Crippen molar-refractivity contribution in [2.75, 3.05) is 37.3 Å².